The van der Waals surface area contributed by atoms with E-state index in [1.165, 1.54) is 11.1 Å². The van der Waals surface area contributed by atoms with Gasteiger partial charge in [-0.15, -0.1) is 0 Å². The second-order valence-electron chi connectivity index (χ2n) is 4.63. The van der Waals surface area contributed by atoms with Crippen LogP contribution in [0.3, 0.4) is 0 Å². The summed E-state index contributed by atoms with van der Waals surface area (Å²) in [5, 5.41) is 0. The van der Waals surface area contributed by atoms with Crippen LogP contribution >= 0.6 is 0 Å². The molecule has 0 radical (unpaired) electrons. The maximum absolute atomic E-state index is 4.99. The van der Waals surface area contributed by atoms with Crippen LogP contribution < -0.4 is 0 Å². The van der Waals surface area contributed by atoms with Crippen molar-refractivity contribution in [3.8, 4) is 24.1 Å². The highest BCUT2D eigenvalue weighted by Crippen LogP contribution is 2.02. The first-order valence-electron chi connectivity index (χ1n) is 7.14. The molecule has 0 aliphatic heterocycles. The van der Waals surface area contributed by atoms with Crippen molar-refractivity contribution < 1.29 is 4.74 Å². The minimum atomic E-state index is 0.787. The van der Waals surface area contributed by atoms with Gasteiger partial charge in [-0.2, -0.15) is 0 Å². The number of benzene rings is 2. The fraction of sp³-hybridized carbons (Fsp3) is 0.200. The molecule has 0 spiro atoms. The normalized spacial score (nSPS) is 8.95. The second-order valence-corrected chi connectivity index (χ2v) is 4.63. The van der Waals surface area contributed by atoms with Crippen molar-refractivity contribution in [3.63, 3.8) is 0 Å². The van der Waals surface area contributed by atoms with Crippen molar-refractivity contribution >= 4 is 0 Å². The highest BCUT2D eigenvalue weighted by atomic mass is 16.5. The SMILES string of the molecule is C(#COC#CCCc1ccccc1)CCc1ccccc1. The third-order valence-electron chi connectivity index (χ3n) is 3.01. The molecule has 104 valence electrons. The number of rotatable bonds is 4. The van der Waals surface area contributed by atoms with Crippen molar-refractivity contribution in [3.05, 3.63) is 71.8 Å². The second kappa shape index (κ2) is 9.29. The van der Waals surface area contributed by atoms with Gasteiger partial charge >= 0.3 is 0 Å². The van der Waals surface area contributed by atoms with Gasteiger partial charge in [0.05, 0.1) is 0 Å². The van der Waals surface area contributed by atoms with Crippen LogP contribution in [0.2, 0.25) is 0 Å². The molecule has 21 heavy (non-hydrogen) atoms. The molecular weight excluding hydrogens is 256 g/mol. The quantitative estimate of drug-likeness (QED) is 0.760. The first-order chi connectivity index (χ1) is 10.4. The van der Waals surface area contributed by atoms with Gasteiger partial charge in [0.25, 0.3) is 0 Å². The Balaban J connectivity index is 1.60. The van der Waals surface area contributed by atoms with Crippen LogP contribution in [0.15, 0.2) is 60.7 Å². The third kappa shape index (κ3) is 6.37. The van der Waals surface area contributed by atoms with Crippen molar-refractivity contribution in [2.45, 2.75) is 25.7 Å². The average molecular weight is 274 g/mol. The molecule has 0 N–H and O–H groups in total. The molecule has 0 fully saturated rings. The van der Waals surface area contributed by atoms with Gasteiger partial charge in [0.1, 0.15) is 12.2 Å². The number of hydrogen-bond donors (Lipinski definition) is 0. The Morgan fingerprint density at radius 2 is 1.05 bits per heavy atom. The number of aryl methyl sites for hydroxylation is 2. The van der Waals surface area contributed by atoms with Gasteiger partial charge in [-0.1, -0.05) is 72.5 Å². The van der Waals surface area contributed by atoms with Crippen LogP contribution in [0, 0.1) is 24.1 Å². The molecule has 0 aliphatic rings. The summed E-state index contributed by atoms with van der Waals surface area (Å²) >= 11 is 0. The molecule has 1 nitrogen and oxygen atoms in total. The zero-order valence-electron chi connectivity index (χ0n) is 12.0. The van der Waals surface area contributed by atoms with E-state index in [4.69, 9.17) is 4.74 Å². The van der Waals surface area contributed by atoms with Gasteiger partial charge in [0, 0.05) is 12.8 Å². The van der Waals surface area contributed by atoms with Crippen molar-refractivity contribution in [1.82, 2.24) is 0 Å². The molecule has 1 heteroatoms. The first-order valence-corrected chi connectivity index (χ1v) is 7.14. The van der Waals surface area contributed by atoms with E-state index in [0.717, 1.165) is 25.7 Å². The third-order valence-corrected chi connectivity index (χ3v) is 3.01. The Hall–Kier alpha value is -2.64. The maximum Gasteiger partial charge on any atom is 0.129 e. The maximum atomic E-state index is 4.99. The lowest BCUT2D eigenvalue weighted by Gasteiger charge is -1.94. The lowest BCUT2D eigenvalue weighted by Crippen LogP contribution is -1.82. The zero-order chi connectivity index (χ0) is 14.6. The number of hydrogen-bond acceptors (Lipinski definition) is 1. The molecule has 0 saturated heterocycles. The van der Waals surface area contributed by atoms with E-state index in [1.54, 1.807) is 0 Å². The Morgan fingerprint density at radius 1 is 0.619 bits per heavy atom. The molecule has 0 bridgehead atoms. The van der Waals surface area contributed by atoms with Crippen LogP contribution in [0.4, 0.5) is 0 Å². The highest BCUT2D eigenvalue weighted by molar-refractivity contribution is 5.17. The average Bonchev–Trinajstić information content (AvgIpc) is 2.55. The van der Waals surface area contributed by atoms with Gasteiger partial charge in [0.2, 0.25) is 0 Å². The van der Waals surface area contributed by atoms with Crippen LogP contribution in [-0.4, -0.2) is 0 Å². The first kappa shape index (κ1) is 14.8. The Labute approximate surface area is 127 Å². The van der Waals surface area contributed by atoms with E-state index in [1.807, 2.05) is 36.4 Å². The summed E-state index contributed by atoms with van der Waals surface area (Å²) < 4.78 is 4.99. The summed E-state index contributed by atoms with van der Waals surface area (Å²) in [5.74, 6) is 5.94. The fourth-order valence-corrected chi connectivity index (χ4v) is 1.90. The van der Waals surface area contributed by atoms with Crippen molar-refractivity contribution in [1.29, 1.82) is 0 Å². The standard InChI is InChI=1S/C20H18O/c1-3-11-19(12-4-1)15-7-9-17-21-18-10-8-16-20-13-5-2-6-14-20/h1-6,11-14H,7-8,15-16H2. The summed E-state index contributed by atoms with van der Waals surface area (Å²) in [4.78, 5) is 0. The van der Waals surface area contributed by atoms with Crippen LogP contribution in [-0.2, 0) is 17.6 Å². The smallest absolute Gasteiger partial charge is 0.129 e. The minimum absolute atomic E-state index is 0.787. The van der Waals surface area contributed by atoms with Crippen LogP contribution in [0.1, 0.15) is 24.0 Å². The minimum Gasteiger partial charge on any atom is -0.357 e. The Bertz CT molecular complexity index is 577. The van der Waals surface area contributed by atoms with Crippen molar-refractivity contribution in [2.24, 2.45) is 0 Å². The molecule has 0 saturated carbocycles. The van der Waals surface area contributed by atoms with Gasteiger partial charge in [-0.25, -0.2) is 0 Å². The van der Waals surface area contributed by atoms with E-state index in [2.05, 4.69) is 48.3 Å². The molecule has 2 rings (SSSR count). The summed E-state index contributed by atoms with van der Waals surface area (Å²) in [6, 6.07) is 20.6. The molecule has 0 atom stereocenters. The van der Waals surface area contributed by atoms with E-state index >= 15 is 0 Å². The Kier molecular flexibility index (Phi) is 6.53. The van der Waals surface area contributed by atoms with Crippen molar-refractivity contribution in [2.75, 3.05) is 0 Å². The molecule has 0 aromatic heterocycles. The topological polar surface area (TPSA) is 9.23 Å². The molecule has 2 aromatic carbocycles. The molecular formula is C20H18O. The predicted molar refractivity (Wildman–Crippen MR) is 86.2 cm³/mol. The molecule has 0 aliphatic carbocycles. The van der Waals surface area contributed by atoms with E-state index < -0.39 is 0 Å². The van der Waals surface area contributed by atoms with Crippen LogP contribution in [0.25, 0.3) is 0 Å². The van der Waals surface area contributed by atoms with Gasteiger partial charge < -0.3 is 4.74 Å². The summed E-state index contributed by atoms with van der Waals surface area (Å²) in [6.07, 6.45) is 8.72. The molecule has 0 amide bonds. The molecule has 0 heterocycles. The summed E-state index contributed by atoms with van der Waals surface area (Å²) in [6.45, 7) is 0. The molecule has 2 aromatic rings. The van der Waals surface area contributed by atoms with E-state index in [-0.39, 0.29) is 0 Å². The van der Waals surface area contributed by atoms with E-state index in [0.29, 0.717) is 0 Å². The summed E-state index contributed by atoms with van der Waals surface area (Å²) in [5.41, 5.74) is 2.58. The van der Waals surface area contributed by atoms with Gasteiger partial charge in [-0.3, -0.25) is 0 Å². The number of ether oxygens (including phenoxy) is 1. The lowest BCUT2D eigenvalue weighted by atomic mass is 10.1. The predicted octanol–water partition coefficient (Wildman–Crippen LogP) is 4.19. The van der Waals surface area contributed by atoms with Crippen LogP contribution in [0.5, 0.6) is 0 Å². The Morgan fingerprint density at radius 3 is 1.48 bits per heavy atom. The van der Waals surface area contributed by atoms with E-state index in [9.17, 15) is 0 Å². The monoisotopic (exact) mass is 274 g/mol. The summed E-state index contributed by atoms with van der Waals surface area (Å²) in [7, 11) is 0. The van der Waals surface area contributed by atoms with Gasteiger partial charge in [-0.05, 0) is 24.0 Å². The highest BCUT2D eigenvalue weighted by Gasteiger charge is 1.88. The lowest BCUT2D eigenvalue weighted by molar-refractivity contribution is 0.477. The largest absolute Gasteiger partial charge is 0.357 e. The zero-order valence-corrected chi connectivity index (χ0v) is 12.0. The van der Waals surface area contributed by atoms with Gasteiger partial charge in [0.15, 0.2) is 0 Å². The fourth-order valence-electron chi connectivity index (χ4n) is 1.90. The molecule has 0 unspecified atom stereocenters.